The molecule has 0 radical (unpaired) electrons. The monoisotopic (exact) mass is 213 g/mol. The van der Waals surface area contributed by atoms with Crippen molar-refractivity contribution in [2.75, 3.05) is 5.88 Å². The molecular formula is C8H11ClF3N. The predicted molar refractivity (Wildman–Crippen MR) is 47.5 cm³/mol. The lowest BCUT2D eigenvalue weighted by molar-refractivity contribution is -0.0908. The van der Waals surface area contributed by atoms with Gasteiger partial charge in [-0.3, -0.25) is 0 Å². The highest BCUT2D eigenvalue weighted by Crippen LogP contribution is 2.26. The van der Waals surface area contributed by atoms with E-state index in [1.54, 1.807) is 6.92 Å². The van der Waals surface area contributed by atoms with E-state index >= 15 is 0 Å². The molecule has 0 aromatic rings. The van der Waals surface area contributed by atoms with E-state index in [1.165, 1.54) is 0 Å². The molecule has 5 heteroatoms. The first-order valence-corrected chi connectivity index (χ1v) is 4.36. The molecular weight excluding hydrogens is 203 g/mol. The number of allylic oxidation sites excluding steroid dienone is 2. The van der Waals surface area contributed by atoms with Crippen molar-refractivity contribution in [1.29, 1.82) is 5.41 Å². The van der Waals surface area contributed by atoms with Gasteiger partial charge in [0, 0.05) is 11.3 Å². The molecule has 0 unspecified atom stereocenters. The summed E-state index contributed by atoms with van der Waals surface area (Å²) in [7, 11) is 0. The normalized spacial score (nSPS) is 13.2. The van der Waals surface area contributed by atoms with Gasteiger partial charge in [0.15, 0.2) is 0 Å². The molecule has 0 saturated carbocycles. The Morgan fingerprint density at radius 1 is 1.46 bits per heavy atom. The summed E-state index contributed by atoms with van der Waals surface area (Å²) in [5.74, 6) is -0.602. The third-order valence-corrected chi connectivity index (χ3v) is 1.66. The Hall–Kier alpha value is -0.510. The van der Waals surface area contributed by atoms with Gasteiger partial charge in [-0.2, -0.15) is 13.2 Å². The highest BCUT2D eigenvalue weighted by Gasteiger charge is 2.32. The van der Waals surface area contributed by atoms with Crippen LogP contribution in [0.1, 0.15) is 19.8 Å². The second kappa shape index (κ2) is 5.27. The van der Waals surface area contributed by atoms with Crippen LogP contribution in [0, 0.1) is 5.41 Å². The molecule has 0 aliphatic heterocycles. The van der Waals surface area contributed by atoms with E-state index < -0.39 is 17.6 Å². The molecule has 0 bridgehead atoms. The lowest BCUT2D eigenvalue weighted by Crippen LogP contribution is -2.14. The summed E-state index contributed by atoms with van der Waals surface area (Å²) in [6.45, 7) is 1.80. The number of hydrogen-bond acceptors (Lipinski definition) is 1. The van der Waals surface area contributed by atoms with Crippen LogP contribution in [0.2, 0.25) is 0 Å². The van der Waals surface area contributed by atoms with E-state index in [1.807, 2.05) is 0 Å². The maximum atomic E-state index is 12.1. The quantitative estimate of drug-likeness (QED) is 0.546. The molecule has 0 saturated heterocycles. The van der Waals surface area contributed by atoms with Gasteiger partial charge in [-0.15, -0.1) is 11.6 Å². The average Bonchev–Trinajstić information content (AvgIpc) is 1.98. The van der Waals surface area contributed by atoms with Gasteiger partial charge in [0.25, 0.3) is 0 Å². The van der Waals surface area contributed by atoms with E-state index in [4.69, 9.17) is 17.0 Å². The van der Waals surface area contributed by atoms with Gasteiger partial charge < -0.3 is 5.41 Å². The fourth-order valence-electron chi connectivity index (χ4n) is 0.748. The van der Waals surface area contributed by atoms with Crippen molar-refractivity contribution in [3.8, 4) is 0 Å². The Morgan fingerprint density at radius 2 is 2.00 bits per heavy atom. The molecule has 0 aliphatic rings. The molecule has 0 aromatic carbocycles. The first kappa shape index (κ1) is 12.5. The average molecular weight is 214 g/mol. The van der Waals surface area contributed by atoms with Gasteiger partial charge in [-0.1, -0.05) is 13.3 Å². The van der Waals surface area contributed by atoms with Crippen LogP contribution >= 0.6 is 11.6 Å². The highest BCUT2D eigenvalue weighted by atomic mass is 35.5. The van der Waals surface area contributed by atoms with E-state index in [9.17, 15) is 13.2 Å². The van der Waals surface area contributed by atoms with E-state index in [0.717, 1.165) is 6.08 Å². The Bertz CT molecular complexity index is 208. The highest BCUT2D eigenvalue weighted by molar-refractivity contribution is 6.20. The second-order valence-electron chi connectivity index (χ2n) is 2.58. The fraction of sp³-hybridized carbons (Fsp3) is 0.625. The lowest BCUT2D eigenvalue weighted by Gasteiger charge is -2.08. The summed E-state index contributed by atoms with van der Waals surface area (Å²) in [6.07, 6.45) is -2.61. The summed E-state index contributed by atoms with van der Waals surface area (Å²) < 4.78 is 36.2. The zero-order valence-corrected chi connectivity index (χ0v) is 7.97. The minimum atomic E-state index is -4.41. The van der Waals surface area contributed by atoms with Crippen LogP contribution in [0.25, 0.3) is 0 Å². The number of rotatable bonds is 4. The molecule has 0 amide bonds. The van der Waals surface area contributed by atoms with E-state index in [-0.39, 0.29) is 5.71 Å². The first-order valence-electron chi connectivity index (χ1n) is 3.83. The van der Waals surface area contributed by atoms with Crippen molar-refractivity contribution in [2.24, 2.45) is 0 Å². The van der Waals surface area contributed by atoms with Crippen molar-refractivity contribution in [1.82, 2.24) is 0 Å². The van der Waals surface area contributed by atoms with Crippen LogP contribution in [0.15, 0.2) is 11.6 Å². The third-order valence-electron chi connectivity index (χ3n) is 1.38. The molecule has 13 heavy (non-hydrogen) atoms. The van der Waals surface area contributed by atoms with Gasteiger partial charge in [0.2, 0.25) is 0 Å². The Labute approximate surface area is 80.1 Å². The largest absolute Gasteiger partial charge is 0.413 e. The summed E-state index contributed by atoms with van der Waals surface area (Å²) in [5, 5.41) is 7.17. The van der Waals surface area contributed by atoms with Gasteiger partial charge in [0.05, 0.1) is 5.88 Å². The van der Waals surface area contributed by atoms with Crippen molar-refractivity contribution in [2.45, 2.75) is 25.9 Å². The van der Waals surface area contributed by atoms with Gasteiger partial charge >= 0.3 is 6.18 Å². The van der Waals surface area contributed by atoms with Gasteiger partial charge in [-0.25, -0.2) is 0 Å². The summed E-state index contributed by atoms with van der Waals surface area (Å²) >= 11 is 5.11. The van der Waals surface area contributed by atoms with Gasteiger partial charge in [-0.05, 0) is 12.5 Å². The van der Waals surface area contributed by atoms with Crippen molar-refractivity contribution < 1.29 is 13.2 Å². The van der Waals surface area contributed by atoms with E-state index in [2.05, 4.69) is 0 Å². The summed E-state index contributed by atoms with van der Waals surface area (Å²) in [4.78, 5) is 0. The number of nitrogens with one attached hydrogen (secondary N) is 1. The lowest BCUT2D eigenvalue weighted by atomic mass is 10.1. The zero-order chi connectivity index (χ0) is 10.5. The molecule has 0 heterocycles. The summed E-state index contributed by atoms with van der Waals surface area (Å²) in [5.41, 5.74) is -0.886. The zero-order valence-electron chi connectivity index (χ0n) is 7.21. The third kappa shape index (κ3) is 4.93. The molecule has 0 fully saturated rings. The van der Waals surface area contributed by atoms with Crippen LogP contribution in [-0.2, 0) is 0 Å². The van der Waals surface area contributed by atoms with Crippen LogP contribution in [0.5, 0.6) is 0 Å². The van der Waals surface area contributed by atoms with Crippen LogP contribution < -0.4 is 0 Å². The van der Waals surface area contributed by atoms with Crippen LogP contribution in [-0.4, -0.2) is 17.8 Å². The Morgan fingerprint density at radius 3 is 2.31 bits per heavy atom. The minimum absolute atomic E-state index is 0.0320. The second-order valence-corrected chi connectivity index (χ2v) is 2.84. The van der Waals surface area contributed by atoms with Crippen molar-refractivity contribution in [3.63, 3.8) is 0 Å². The van der Waals surface area contributed by atoms with Crippen molar-refractivity contribution in [3.05, 3.63) is 11.6 Å². The topological polar surface area (TPSA) is 23.9 Å². The number of halogens is 4. The van der Waals surface area contributed by atoms with Gasteiger partial charge in [0.1, 0.15) is 0 Å². The first-order chi connectivity index (χ1) is 5.91. The van der Waals surface area contributed by atoms with E-state index in [0.29, 0.717) is 12.8 Å². The molecule has 0 aromatic heterocycles. The summed E-state index contributed by atoms with van der Waals surface area (Å²) in [6, 6.07) is 0. The standard InChI is InChI=1S/C8H11ClF3N/c1-2-3-7(13)4-6(5-9)8(10,11)12/h4,13H,2-3,5H2,1H3/b6-4+,13-7?. The maximum Gasteiger partial charge on any atom is 0.413 e. The van der Waals surface area contributed by atoms with Crippen molar-refractivity contribution >= 4 is 17.3 Å². The molecule has 76 valence electrons. The molecule has 1 nitrogen and oxygen atoms in total. The Balaban J connectivity index is 4.48. The number of alkyl halides is 4. The molecule has 0 aliphatic carbocycles. The number of hydrogen-bond donors (Lipinski definition) is 1. The maximum absolute atomic E-state index is 12.1. The predicted octanol–water partition coefficient (Wildman–Crippen LogP) is 3.53. The molecule has 0 rings (SSSR count). The SMILES string of the molecule is CCCC(=N)/C=C(\CCl)C(F)(F)F. The smallest absolute Gasteiger partial charge is 0.305 e. The Kier molecular flexibility index (Phi) is 5.06. The minimum Gasteiger partial charge on any atom is -0.305 e. The van der Waals surface area contributed by atoms with Crippen LogP contribution in [0.4, 0.5) is 13.2 Å². The van der Waals surface area contributed by atoms with Crippen LogP contribution in [0.3, 0.4) is 0 Å². The molecule has 0 atom stereocenters. The molecule has 1 N–H and O–H groups in total. The fourth-order valence-corrected chi connectivity index (χ4v) is 0.977. The molecule has 0 spiro atoms.